The maximum Gasteiger partial charge on any atom is 0.0337 e. The van der Waals surface area contributed by atoms with E-state index in [2.05, 4.69) is 5.32 Å². The lowest BCUT2D eigenvalue weighted by Crippen LogP contribution is -2.22. The Kier molecular flexibility index (Phi) is 5.86. The van der Waals surface area contributed by atoms with Crippen LogP contribution in [0.4, 0.5) is 5.69 Å². The van der Waals surface area contributed by atoms with Crippen LogP contribution in [0.3, 0.4) is 0 Å². The number of rotatable bonds is 1. The third-order valence-electron chi connectivity index (χ3n) is 2.71. The highest BCUT2D eigenvalue weighted by atomic mass is 14.8. The van der Waals surface area contributed by atoms with Crippen LogP contribution in [0.1, 0.15) is 32.1 Å². The van der Waals surface area contributed by atoms with Gasteiger partial charge in [0.05, 0.1) is 0 Å². The molecule has 0 aliphatic heterocycles. The fourth-order valence-corrected chi connectivity index (χ4v) is 1.74. The molecule has 1 aliphatic rings. The molecule has 0 bridgehead atoms. The van der Waals surface area contributed by atoms with Crippen LogP contribution in [0.5, 0.6) is 0 Å². The number of anilines is 1. The summed E-state index contributed by atoms with van der Waals surface area (Å²) >= 11 is 0. The lowest BCUT2D eigenvalue weighted by molar-refractivity contribution is 0.441. The average molecular weight is 206 g/mol. The van der Waals surface area contributed by atoms with Crippen molar-refractivity contribution >= 4 is 5.69 Å². The lowest BCUT2D eigenvalue weighted by atomic mass is 9.97. The molecular weight excluding hydrogens is 184 g/mol. The molecule has 2 nitrogen and oxygen atoms in total. The molecule has 0 spiro atoms. The predicted molar refractivity (Wildman–Crippen MR) is 67.0 cm³/mol. The fourth-order valence-electron chi connectivity index (χ4n) is 1.74. The molecule has 1 saturated carbocycles. The topological polar surface area (TPSA) is 38.0 Å². The first kappa shape index (κ1) is 12.1. The largest absolute Gasteiger partial charge is 0.388 e. The quantitative estimate of drug-likeness (QED) is 0.741. The average Bonchev–Trinajstić information content (AvgIpc) is 2.32. The van der Waals surface area contributed by atoms with Crippen molar-refractivity contribution in [1.82, 2.24) is 0 Å². The van der Waals surface area contributed by atoms with E-state index in [1.165, 1.54) is 32.1 Å². The molecule has 3 N–H and O–H groups in total. The number of nitrogens with one attached hydrogen (secondary N) is 1. The van der Waals surface area contributed by atoms with Gasteiger partial charge < -0.3 is 11.1 Å². The summed E-state index contributed by atoms with van der Waals surface area (Å²) in [5.41, 5.74) is 6.79. The molecule has 84 valence electrons. The van der Waals surface area contributed by atoms with Crippen LogP contribution in [-0.2, 0) is 0 Å². The third-order valence-corrected chi connectivity index (χ3v) is 2.71. The summed E-state index contributed by atoms with van der Waals surface area (Å²) in [6.07, 6.45) is 6.66. The number of nitrogens with two attached hydrogens (primary N) is 1. The number of hydrogen-bond acceptors (Lipinski definition) is 2. The Morgan fingerprint density at radius 1 is 1.07 bits per heavy atom. The Morgan fingerprint density at radius 2 is 1.67 bits per heavy atom. The minimum Gasteiger partial charge on any atom is -0.388 e. The molecule has 1 aromatic carbocycles. The van der Waals surface area contributed by atoms with E-state index in [1.807, 2.05) is 37.4 Å². The van der Waals surface area contributed by atoms with E-state index in [4.69, 9.17) is 5.73 Å². The Morgan fingerprint density at radius 3 is 2.00 bits per heavy atom. The van der Waals surface area contributed by atoms with E-state index in [0.29, 0.717) is 6.04 Å². The van der Waals surface area contributed by atoms with Gasteiger partial charge in [-0.05, 0) is 25.0 Å². The molecule has 0 aromatic heterocycles. The molecule has 0 atom stereocenters. The first-order valence-corrected chi connectivity index (χ1v) is 5.81. The van der Waals surface area contributed by atoms with Gasteiger partial charge in [-0.1, -0.05) is 37.5 Å². The molecule has 0 unspecified atom stereocenters. The zero-order chi connectivity index (χ0) is 10.9. The lowest BCUT2D eigenvalue weighted by Gasteiger charge is -2.15. The molecule has 0 amide bonds. The van der Waals surface area contributed by atoms with Crippen molar-refractivity contribution in [2.45, 2.75) is 38.1 Å². The van der Waals surface area contributed by atoms with Gasteiger partial charge in [0.25, 0.3) is 0 Å². The molecular formula is C13H22N2. The van der Waals surface area contributed by atoms with Crippen molar-refractivity contribution in [2.24, 2.45) is 5.73 Å². The molecule has 1 aromatic rings. The van der Waals surface area contributed by atoms with Gasteiger partial charge in [-0.25, -0.2) is 0 Å². The summed E-state index contributed by atoms with van der Waals surface area (Å²) in [5, 5.41) is 3.03. The minimum atomic E-state index is 0.536. The number of benzene rings is 1. The first-order chi connectivity index (χ1) is 7.33. The van der Waals surface area contributed by atoms with Gasteiger partial charge in [0.1, 0.15) is 0 Å². The standard InChI is InChI=1S/C7H9N.C6H13N/c1-8-7-5-3-2-4-6-7;7-6-4-2-1-3-5-6/h2-6,8H,1H3;6H,1-5,7H2. The molecule has 0 heterocycles. The Bertz CT molecular complexity index is 240. The van der Waals surface area contributed by atoms with Crippen molar-refractivity contribution in [3.63, 3.8) is 0 Å². The second-order valence-corrected chi connectivity index (χ2v) is 4.01. The van der Waals surface area contributed by atoms with Gasteiger partial charge in [0.2, 0.25) is 0 Å². The highest BCUT2D eigenvalue weighted by Gasteiger charge is 2.06. The van der Waals surface area contributed by atoms with Crippen molar-refractivity contribution in [3.05, 3.63) is 30.3 Å². The van der Waals surface area contributed by atoms with Crippen LogP contribution in [0.2, 0.25) is 0 Å². The molecule has 1 aliphatic carbocycles. The van der Waals surface area contributed by atoms with E-state index in [-0.39, 0.29) is 0 Å². The van der Waals surface area contributed by atoms with Crippen molar-refractivity contribution in [2.75, 3.05) is 12.4 Å². The molecule has 2 heteroatoms. The van der Waals surface area contributed by atoms with Gasteiger partial charge in [-0.15, -0.1) is 0 Å². The van der Waals surface area contributed by atoms with Crippen LogP contribution < -0.4 is 11.1 Å². The minimum absolute atomic E-state index is 0.536. The van der Waals surface area contributed by atoms with Crippen molar-refractivity contribution in [3.8, 4) is 0 Å². The number of para-hydroxylation sites is 1. The van der Waals surface area contributed by atoms with E-state index >= 15 is 0 Å². The normalized spacial score (nSPS) is 16.4. The Balaban J connectivity index is 0.000000151. The zero-order valence-corrected chi connectivity index (χ0v) is 9.58. The van der Waals surface area contributed by atoms with Gasteiger partial charge >= 0.3 is 0 Å². The second kappa shape index (κ2) is 7.30. The highest BCUT2D eigenvalue weighted by molar-refractivity contribution is 5.41. The Hall–Kier alpha value is -1.02. The van der Waals surface area contributed by atoms with Gasteiger partial charge in [-0.2, -0.15) is 0 Å². The van der Waals surface area contributed by atoms with Gasteiger partial charge in [0, 0.05) is 18.8 Å². The van der Waals surface area contributed by atoms with E-state index in [1.54, 1.807) is 0 Å². The van der Waals surface area contributed by atoms with Crippen LogP contribution in [0.25, 0.3) is 0 Å². The smallest absolute Gasteiger partial charge is 0.0337 e. The predicted octanol–water partition coefficient (Wildman–Crippen LogP) is 3.01. The molecule has 0 saturated heterocycles. The summed E-state index contributed by atoms with van der Waals surface area (Å²) in [5.74, 6) is 0. The maximum atomic E-state index is 5.63. The van der Waals surface area contributed by atoms with Crippen molar-refractivity contribution in [1.29, 1.82) is 0 Å². The monoisotopic (exact) mass is 206 g/mol. The summed E-state index contributed by atoms with van der Waals surface area (Å²) < 4.78 is 0. The molecule has 2 rings (SSSR count). The van der Waals surface area contributed by atoms with Crippen LogP contribution in [-0.4, -0.2) is 13.1 Å². The summed E-state index contributed by atoms with van der Waals surface area (Å²) in [4.78, 5) is 0. The number of hydrogen-bond donors (Lipinski definition) is 2. The van der Waals surface area contributed by atoms with E-state index in [9.17, 15) is 0 Å². The second-order valence-electron chi connectivity index (χ2n) is 4.01. The third kappa shape index (κ3) is 5.43. The van der Waals surface area contributed by atoms with Crippen LogP contribution >= 0.6 is 0 Å². The Labute approximate surface area is 92.9 Å². The van der Waals surface area contributed by atoms with E-state index < -0.39 is 0 Å². The van der Waals surface area contributed by atoms with Crippen LogP contribution in [0, 0.1) is 0 Å². The maximum absolute atomic E-state index is 5.63. The van der Waals surface area contributed by atoms with Gasteiger partial charge in [-0.3, -0.25) is 0 Å². The summed E-state index contributed by atoms with van der Waals surface area (Å²) in [6.45, 7) is 0. The zero-order valence-electron chi connectivity index (χ0n) is 9.58. The fraction of sp³-hybridized carbons (Fsp3) is 0.538. The first-order valence-electron chi connectivity index (χ1n) is 5.81. The SMILES string of the molecule is CNc1ccccc1.NC1CCCCC1. The summed E-state index contributed by atoms with van der Waals surface area (Å²) in [6, 6.07) is 10.6. The van der Waals surface area contributed by atoms with Crippen LogP contribution in [0.15, 0.2) is 30.3 Å². The summed E-state index contributed by atoms with van der Waals surface area (Å²) in [7, 11) is 1.91. The molecule has 15 heavy (non-hydrogen) atoms. The highest BCUT2D eigenvalue weighted by Crippen LogP contribution is 2.14. The van der Waals surface area contributed by atoms with E-state index in [0.717, 1.165) is 5.69 Å². The van der Waals surface area contributed by atoms with Gasteiger partial charge in [0.15, 0.2) is 0 Å². The van der Waals surface area contributed by atoms with Crippen molar-refractivity contribution < 1.29 is 0 Å². The molecule has 0 radical (unpaired) electrons. The molecule has 1 fully saturated rings.